The highest BCUT2D eigenvalue weighted by molar-refractivity contribution is 5.95. The fourth-order valence-electron chi connectivity index (χ4n) is 0.924. The van der Waals surface area contributed by atoms with E-state index in [-0.39, 0.29) is 12.6 Å². The molecule has 3 N–H and O–H groups in total. The average Bonchev–Trinajstić information content (AvgIpc) is 2.23. The molecule has 0 rings (SSSR count). The molecular weight excluding hydrogens is 214 g/mol. The first kappa shape index (κ1) is 14.2. The number of carbonyl (C=O) groups excluding carboxylic acids is 1. The van der Waals surface area contributed by atoms with E-state index in [1.54, 1.807) is 13.8 Å². The van der Waals surface area contributed by atoms with E-state index in [0.717, 1.165) is 0 Å². The van der Waals surface area contributed by atoms with E-state index in [1.807, 2.05) is 0 Å². The molecule has 0 aliphatic rings. The minimum atomic E-state index is -1.01. The normalized spacial score (nSPS) is 12.8. The molecule has 1 amide bonds. The van der Waals surface area contributed by atoms with Crippen LogP contribution in [-0.2, 0) is 9.53 Å². The summed E-state index contributed by atoms with van der Waals surface area (Å²) in [5.74, 6) is -0.929. The number of nitrogens with zero attached hydrogens (tertiary/aromatic N) is 1. The first-order valence-corrected chi connectivity index (χ1v) is 4.95. The number of aliphatic carboxylic acids is 1. The number of aliphatic imine (C=N–C) groups is 1. The van der Waals surface area contributed by atoms with E-state index >= 15 is 0 Å². The molecule has 0 bridgehead atoms. The van der Waals surface area contributed by atoms with Crippen molar-refractivity contribution in [3.63, 3.8) is 0 Å². The Balaban J connectivity index is 4.30. The van der Waals surface area contributed by atoms with Gasteiger partial charge in [-0.1, -0.05) is 6.92 Å². The minimum absolute atomic E-state index is 0.0766. The summed E-state index contributed by atoms with van der Waals surface area (Å²) in [7, 11) is 1.43. The number of guanidine groups is 1. The molecule has 0 saturated carbocycles. The number of ether oxygens (including phenoxy) is 1. The largest absolute Gasteiger partial charge is 0.480 e. The maximum Gasteiger partial charge on any atom is 0.413 e. The Bertz CT molecular complexity index is 278. The quantitative estimate of drug-likeness (QED) is 0.473. The lowest BCUT2D eigenvalue weighted by atomic mass is 10.2. The van der Waals surface area contributed by atoms with Crippen LogP contribution in [0.3, 0.4) is 0 Å². The number of alkyl carbamates (subject to hydrolysis) is 1. The number of amides is 1. The Labute approximate surface area is 93.9 Å². The Morgan fingerprint density at radius 3 is 2.44 bits per heavy atom. The van der Waals surface area contributed by atoms with Gasteiger partial charge in [-0.25, -0.2) is 9.59 Å². The van der Waals surface area contributed by atoms with Crippen LogP contribution < -0.4 is 10.6 Å². The lowest BCUT2D eigenvalue weighted by molar-refractivity contribution is -0.139. The number of hydrogen-bond acceptors (Lipinski definition) is 4. The second-order valence-electron chi connectivity index (χ2n) is 2.86. The van der Waals surface area contributed by atoms with Gasteiger partial charge < -0.3 is 15.2 Å². The standard InChI is InChI=1S/C9H17N3O4/c1-4-6(7(13)14)11-8(10-3)12-9(15)16-5-2/h6H,4-5H2,1-3H3,(H,13,14)(H2,10,11,12,15). The van der Waals surface area contributed by atoms with Gasteiger partial charge in [0.2, 0.25) is 5.96 Å². The van der Waals surface area contributed by atoms with Gasteiger partial charge in [-0.15, -0.1) is 0 Å². The van der Waals surface area contributed by atoms with Gasteiger partial charge in [-0.3, -0.25) is 10.3 Å². The van der Waals surface area contributed by atoms with Gasteiger partial charge in [0.05, 0.1) is 6.61 Å². The first-order valence-electron chi connectivity index (χ1n) is 4.95. The van der Waals surface area contributed by atoms with Crippen LogP contribution in [0, 0.1) is 0 Å². The number of nitrogens with one attached hydrogen (secondary N) is 2. The van der Waals surface area contributed by atoms with E-state index in [4.69, 9.17) is 5.11 Å². The molecule has 1 unspecified atom stereocenters. The number of hydrogen-bond donors (Lipinski definition) is 3. The van der Waals surface area contributed by atoms with Crippen LogP contribution in [0.15, 0.2) is 4.99 Å². The van der Waals surface area contributed by atoms with E-state index < -0.39 is 18.1 Å². The number of carbonyl (C=O) groups is 2. The van der Waals surface area contributed by atoms with Crippen LogP contribution in [0.4, 0.5) is 4.79 Å². The van der Waals surface area contributed by atoms with Crippen LogP contribution in [0.5, 0.6) is 0 Å². The predicted molar refractivity (Wildman–Crippen MR) is 58.4 cm³/mol. The van der Waals surface area contributed by atoms with Gasteiger partial charge >= 0.3 is 12.1 Å². The Kier molecular flexibility index (Phi) is 6.66. The van der Waals surface area contributed by atoms with Crippen LogP contribution in [0.25, 0.3) is 0 Å². The molecule has 0 aromatic rings. The molecule has 0 aliphatic carbocycles. The third-order valence-electron chi connectivity index (χ3n) is 1.74. The van der Waals surface area contributed by atoms with Crippen molar-refractivity contribution in [3.05, 3.63) is 0 Å². The van der Waals surface area contributed by atoms with Crippen molar-refractivity contribution in [2.45, 2.75) is 26.3 Å². The molecular formula is C9H17N3O4. The SMILES string of the molecule is CCOC(=O)NC(=NC)NC(CC)C(=O)O. The smallest absolute Gasteiger partial charge is 0.413 e. The fraction of sp³-hybridized carbons (Fsp3) is 0.667. The molecule has 16 heavy (non-hydrogen) atoms. The second-order valence-corrected chi connectivity index (χ2v) is 2.86. The summed E-state index contributed by atoms with van der Waals surface area (Å²) in [5.41, 5.74) is 0. The van der Waals surface area contributed by atoms with Gasteiger partial charge in [0.25, 0.3) is 0 Å². The second kappa shape index (κ2) is 7.49. The molecule has 0 spiro atoms. The molecule has 0 aromatic heterocycles. The molecule has 0 aliphatic heterocycles. The minimum Gasteiger partial charge on any atom is -0.480 e. The zero-order valence-corrected chi connectivity index (χ0v) is 9.61. The van der Waals surface area contributed by atoms with Crippen molar-refractivity contribution in [1.82, 2.24) is 10.6 Å². The topological polar surface area (TPSA) is 100 Å². The van der Waals surface area contributed by atoms with Crippen molar-refractivity contribution in [2.75, 3.05) is 13.7 Å². The van der Waals surface area contributed by atoms with E-state index in [0.29, 0.717) is 6.42 Å². The van der Waals surface area contributed by atoms with Crippen LogP contribution >= 0.6 is 0 Å². The summed E-state index contributed by atoms with van der Waals surface area (Å²) >= 11 is 0. The summed E-state index contributed by atoms with van der Waals surface area (Å²) < 4.78 is 4.63. The van der Waals surface area contributed by atoms with Crippen molar-refractivity contribution >= 4 is 18.0 Å². The molecule has 1 atom stereocenters. The van der Waals surface area contributed by atoms with Crippen LogP contribution in [0.1, 0.15) is 20.3 Å². The molecule has 7 nitrogen and oxygen atoms in total. The summed E-state index contributed by atoms with van der Waals surface area (Å²) in [5, 5.41) is 13.7. The summed E-state index contributed by atoms with van der Waals surface area (Å²) in [6.45, 7) is 3.62. The third-order valence-corrected chi connectivity index (χ3v) is 1.74. The number of carboxylic acids is 1. The van der Waals surface area contributed by atoms with E-state index in [1.165, 1.54) is 7.05 Å². The third kappa shape index (κ3) is 5.18. The van der Waals surface area contributed by atoms with E-state index in [9.17, 15) is 9.59 Å². The molecule has 0 heterocycles. The zero-order chi connectivity index (χ0) is 12.6. The van der Waals surface area contributed by atoms with Gasteiger partial charge in [0, 0.05) is 7.05 Å². The van der Waals surface area contributed by atoms with Crippen molar-refractivity contribution in [2.24, 2.45) is 4.99 Å². The van der Waals surface area contributed by atoms with Crippen molar-refractivity contribution in [3.8, 4) is 0 Å². The highest BCUT2D eigenvalue weighted by atomic mass is 16.5. The molecule has 0 fully saturated rings. The zero-order valence-electron chi connectivity index (χ0n) is 9.61. The molecule has 0 aromatic carbocycles. The Morgan fingerprint density at radius 2 is 2.06 bits per heavy atom. The number of rotatable bonds is 4. The number of carboxylic acid groups (broad SMARTS) is 1. The summed E-state index contributed by atoms with van der Waals surface area (Å²) in [6.07, 6.45) is -0.297. The maximum atomic E-state index is 11.1. The Hall–Kier alpha value is -1.79. The molecule has 92 valence electrons. The predicted octanol–water partition coefficient (Wildman–Crippen LogP) is 0.171. The van der Waals surface area contributed by atoms with Crippen molar-refractivity contribution in [1.29, 1.82) is 0 Å². The monoisotopic (exact) mass is 231 g/mol. The van der Waals surface area contributed by atoms with E-state index in [2.05, 4.69) is 20.4 Å². The lowest BCUT2D eigenvalue weighted by Crippen LogP contribution is -2.48. The summed E-state index contributed by atoms with van der Waals surface area (Å²) in [4.78, 5) is 25.5. The van der Waals surface area contributed by atoms with Gasteiger partial charge in [-0.05, 0) is 13.3 Å². The fourth-order valence-corrected chi connectivity index (χ4v) is 0.924. The molecule has 0 radical (unpaired) electrons. The first-order chi connectivity index (χ1) is 7.54. The van der Waals surface area contributed by atoms with Gasteiger partial charge in [-0.2, -0.15) is 0 Å². The Morgan fingerprint density at radius 1 is 1.44 bits per heavy atom. The lowest BCUT2D eigenvalue weighted by Gasteiger charge is -2.15. The molecule has 7 heteroatoms. The average molecular weight is 231 g/mol. The van der Waals surface area contributed by atoms with Gasteiger partial charge in [0.15, 0.2) is 0 Å². The highest BCUT2D eigenvalue weighted by Gasteiger charge is 2.17. The van der Waals surface area contributed by atoms with Crippen molar-refractivity contribution < 1.29 is 19.4 Å². The maximum absolute atomic E-state index is 11.1. The molecule has 0 saturated heterocycles. The van der Waals surface area contributed by atoms with Crippen LogP contribution in [-0.4, -0.2) is 42.8 Å². The van der Waals surface area contributed by atoms with Crippen LogP contribution in [0.2, 0.25) is 0 Å². The van der Waals surface area contributed by atoms with Gasteiger partial charge in [0.1, 0.15) is 6.04 Å². The highest BCUT2D eigenvalue weighted by Crippen LogP contribution is 1.90. The summed E-state index contributed by atoms with van der Waals surface area (Å²) in [6, 6.07) is -0.791.